The van der Waals surface area contributed by atoms with Crippen LogP contribution in [0.3, 0.4) is 0 Å². The lowest BCUT2D eigenvalue weighted by Crippen LogP contribution is -2.08. The molecule has 2 aromatic heterocycles. The second kappa shape index (κ2) is 7.89. The van der Waals surface area contributed by atoms with Crippen molar-refractivity contribution >= 4 is 27.4 Å². The summed E-state index contributed by atoms with van der Waals surface area (Å²) in [4.78, 5) is 11.7. The molecule has 0 radical (unpaired) electrons. The molecule has 2 aromatic carbocycles. The number of nitrogens with zero attached hydrogens (tertiary/aromatic N) is 2. The number of benzene rings is 2. The number of hydrogen-bond donors (Lipinski definition) is 1. The van der Waals surface area contributed by atoms with E-state index in [2.05, 4.69) is 78.7 Å². The van der Waals surface area contributed by atoms with Crippen LogP contribution in [0.1, 0.15) is 23.2 Å². The topological polar surface area (TPSA) is 37.8 Å². The maximum absolute atomic E-state index is 4.70. The van der Waals surface area contributed by atoms with E-state index in [4.69, 9.17) is 4.98 Å². The van der Waals surface area contributed by atoms with Crippen LogP contribution in [0, 0.1) is 6.92 Å². The second-order valence-corrected chi connectivity index (χ2v) is 7.89. The average molecular weight is 374 g/mol. The molecule has 0 saturated carbocycles. The van der Waals surface area contributed by atoms with Crippen LogP contribution < -0.4 is 5.32 Å². The molecule has 3 nitrogen and oxygen atoms in total. The third-order valence-electron chi connectivity index (χ3n) is 4.65. The van der Waals surface area contributed by atoms with Crippen molar-refractivity contribution in [3.05, 3.63) is 76.9 Å². The number of aromatic nitrogens is 2. The van der Waals surface area contributed by atoms with Gasteiger partial charge in [-0.3, -0.25) is 0 Å². The fourth-order valence-corrected chi connectivity index (χ4v) is 4.10. The van der Waals surface area contributed by atoms with Crippen molar-refractivity contribution < 1.29 is 0 Å². The molecule has 27 heavy (non-hydrogen) atoms. The largest absolute Gasteiger partial charge is 0.369 e. The molecule has 2 heterocycles. The van der Waals surface area contributed by atoms with Crippen molar-refractivity contribution in [2.24, 2.45) is 0 Å². The Kier molecular flexibility index (Phi) is 5.16. The van der Waals surface area contributed by atoms with Crippen LogP contribution in [0.15, 0.2) is 60.7 Å². The summed E-state index contributed by atoms with van der Waals surface area (Å²) >= 11 is 1.73. The molecule has 0 saturated heterocycles. The van der Waals surface area contributed by atoms with E-state index in [1.807, 2.05) is 6.07 Å². The third-order valence-corrected chi connectivity index (χ3v) is 5.59. The second-order valence-electron chi connectivity index (χ2n) is 6.66. The van der Waals surface area contributed by atoms with Gasteiger partial charge < -0.3 is 5.32 Å². The van der Waals surface area contributed by atoms with Crippen LogP contribution in [0.25, 0.3) is 21.3 Å². The number of thiophene rings is 1. The van der Waals surface area contributed by atoms with E-state index in [0.717, 1.165) is 41.2 Å². The predicted molar refractivity (Wildman–Crippen MR) is 116 cm³/mol. The highest BCUT2D eigenvalue weighted by atomic mass is 32.1. The molecule has 0 amide bonds. The summed E-state index contributed by atoms with van der Waals surface area (Å²) in [5.41, 5.74) is 3.83. The number of aryl methyl sites for hydroxylation is 2. The highest BCUT2D eigenvalue weighted by Crippen LogP contribution is 2.28. The van der Waals surface area contributed by atoms with Crippen molar-refractivity contribution in [1.82, 2.24) is 9.97 Å². The van der Waals surface area contributed by atoms with Crippen LogP contribution in [0.2, 0.25) is 0 Å². The molecule has 1 N–H and O–H groups in total. The van der Waals surface area contributed by atoms with Crippen LogP contribution >= 0.6 is 11.3 Å². The van der Waals surface area contributed by atoms with Gasteiger partial charge in [-0.25, -0.2) is 9.97 Å². The Labute approximate surface area is 164 Å². The Morgan fingerprint density at radius 3 is 2.41 bits per heavy atom. The minimum atomic E-state index is 0.850. The molecule has 4 heteroatoms. The van der Waals surface area contributed by atoms with Crippen LogP contribution in [-0.4, -0.2) is 16.5 Å². The molecule has 0 bridgehead atoms. The lowest BCUT2D eigenvalue weighted by molar-refractivity contribution is 0.947. The summed E-state index contributed by atoms with van der Waals surface area (Å²) in [7, 11) is 0. The van der Waals surface area contributed by atoms with E-state index < -0.39 is 0 Å². The average Bonchev–Trinajstić information content (AvgIpc) is 3.09. The molecule has 0 aliphatic heterocycles. The summed E-state index contributed by atoms with van der Waals surface area (Å²) in [6.07, 6.45) is 1.81. The molecule has 0 aliphatic carbocycles. The number of fused-ring (bicyclic) bond motifs is 1. The van der Waals surface area contributed by atoms with E-state index in [1.165, 1.54) is 21.6 Å². The maximum atomic E-state index is 4.70. The van der Waals surface area contributed by atoms with Crippen molar-refractivity contribution in [2.75, 3.05) is 11.9 Å². The fraction of sp³-hybridized carbons (Fsp3) is 0.217. The summed E-state index contributed by atoms with van der Waals surface area (Å²) in [5.74, 6) is 1.86. The van der Waals surface area contributed by atoms with E-state index >= 15 is 0 Å². The van der Waals surface area contributed by atoms with Crippen LogP contribution in [0.4, 0.5) is 5.82 Å². The first-order valence-electron chi connectivity index (χ1n) is 9.38. The number of hydrogen-bond acceptors (Lipinski definition) is 4. The van der Waals surface area contributed by atoms with Gasteiger partial charge in [-0.05, 0) is 36.1 Å². The zero-order valence-electron chi connectivity index (χ0n) is 15.7. The zero-order chi connectivity index (χ0) is 18.6. The highest BCUT2D eigenvalue weighted by Gasteiger charge is 2.09. The SMILES string of the molecule is CCc1nc(NCCc2ccc(-c3ccccc3)cc2)c2cc(C)sc2n1. The van der Waals surface area contributed by atoms with Crippen molar-refractivity contribution in [2.45, 2.75) is 26.7 Å². The van der Waals surface area contributed by atoms with Gasteiger partial charge in [0.1, 0.15) is 16.5 Å². The minimum absolute atomic E-state index is 0.850. The van der Waals surface area contributed by atoms with Crippen molar-refractivity contribution in [3.63, 3.8) is 0 Å². The minimum Gasteiger partial charge on any atom is -0.369 e. The smallest absolute Gasteiger partial charge is 0.138 e. The normalized spacial score (nSPS) is 11.0. The van der Waals surface area contributed by atoms with E-state index in [0.29, 0.717) is 0 Å². The third kappa shape index (κ3) is 4.01. The molecule has 0 fully saturated rings. The first-order chi connectivity index (χ1) is 13.2. The number of nitrogens with one attached hydrogen (secondary N) is 1. The van der Waals surface area contributed by atoms with Gasteiger partial charge in [0.05, 0.1) is 5.39 Å². The fourth-order valence-electron chi connectivity index (χ4n) is 3.20. The van der Waals surface area contributed by atoms with Gasteiger partial charge >= 0.3 is 0 Å². The monoisotopic (exact) mass is 373 g/mol. The predicted octanol–water partition coefficient (Wildman–Crippen LogP) is 5.88. The first kappa shape index (κ1) is 17.7. The quantitative estimate of drug-likeness (QED) is 0.458. The molecular formula is C23H23N3S. The van der Waals surface area contributed by atoms with Gasteiger partial charge in [0.15, 0.2) is 0 Å². The molecule has 0 spiro atoms. The van der Waals surface area contributed by atoms with Gasteiger partial charge in [-0.2, -0.15) is 0 Å². The Morgan fingerprint density at radius 1 is 0.926 bits per heavy atom. The Balaban J connectivity index is 1.45. The molecule has 0 aliphatic rings. The molecule has 4 rings (SSSR count). The van der Waals surface area contributed by atoms with Gasteiger partial charge in [-0.1, -0.05) is 61.5 Å². The summed E-state index contributed by atoms with van der Waals surface area (Å²) < 4.78 is 0. The van der Waals surface area contributed by atoms with E-state index in [9.17, 15) is 0 Å². The van der Waals surface area contributed by atoms with Gasteiger partial charge in [0.25, 0.3) is 0 Å². The standard InChI is InChI=1S/C23H23N3S/c1-3-21-25-22(20-15-16(2)27-23(20)26-21)24-14-13-17-9-11-19(12-10-17)18-7-5-4-6-8-18/h4-12,15H,3,13-14H2,1-2H3,(H,24,25,26). The van der Waals surface area contributed by atoms with E-state index in [1.54, 1.807) is 11.3 Å². The van der Waals surface area contributed by atoms with Gasteiger partial charge in [-0.15, -0.1) is 11.3 Å². The lowest BCUT2D eigenvalue weighted by Gasteiger charge is -2.09. The lowest BCUT2D eigenvalue weighted by atomic mass is 10.0. The summed E-state index contributed by atoms with van der Waals surface area (Å²) in [6.45, 7) is 5.07. The Morgan fingerprint density at radius 2 is 1.67 bits per heavy atom. The summed E-state index contributed by atoms with van der Waals surface area (Å²) in [5, 5.41) is 4.66. The molecule has 0 unspecified atom stereocenters. The highest BCUT2D eigenvalue weighted by molar-refractivity contribution is 7.18. The van der Waals surface area contributed by atoms with Gasteiger partial charge in [0, 0.05) is 17.8 Å². The number of anilines is 1. The number of rotatable bonds is 6. The Bertz CT molecular complexity index is 1040. The molecular weight excluding hydrogens is 350 g/mol. The first-order valence-corrected chi connectivity index (χ1v) is 10.2. The summed E-state index contributed by atoms with van der Waals surface area (Å²) in [6, 6.07) is 21.5. The van der Waals surface area contributed by atoms with Crippen LogP contribution in [0.5, 0.6) is 0 Å². The van der Waals surface area contributed by atoms with Crippen LogP contribution in [-0.2, 0) is 12.8 Å². The van der Waals surface area contributed by atoms with Crippen molar-refractivity contribution in [1.29, 1.82) is 0 Å². The van der Waals surface area contributed by atoms with E-state index in [-0.39, 0.29) is 0 Å². The maximum Gasteiger partial charge on any atom is 0.138 e. The van der Waals surface area contributed by atoms with Gasteiger partial charge in [0.2, 0.25) is 0 Å². The Hall–Kier alpha value is -2.72. The van der Waals surface area contributed by atoms with Crippen molar-refractivity contribution in [3.8, 4) is 11.1 Å². The molecule has 136 valence electrons. The molecule has 4 aromatic rings. The molecule has 0 atom stereocenters. The zero-order valence-corrected chi connectivity index (χ0v) is 16.5.